The lowest BCUT2D eigenvalue weighted by Gasteiger charge is -2.30. The average Bonchev–Trinajstić information content (AvgIpc) is 2.28. The highest BCUT2D eigenvalue weighted by atomic mass is 16.5. The molecule has 13 heavy (non-hydrogen) atoms. The zero-order valence-corrected chi connectivity index (χ0v) is 8.95. The van der Waals surface area contributed by atoms with Crippen LogP contribution in [0.5, 0.6) is 0 Å². The minimum absolute atomic E-state index is 0.199. The molecular weight excluding hydrogens is 166 g/mol. The summed E-state index contributed by atoms with van der Waals surface area (Å²) >= 11 is 0. The number of hydroxylamine groups is 2. The maximum Gasteiger partial charge on any atom is 0.0717 e. The normalized spacial score (nSPS) is 36.5. The Morgan fingerprint density at radius 2 is 2.15 bits per heavy atom. The molecule has 1 aliphatic heterocycles. The monoisotopic (exact) mass is 186 g/mol. The van der Waals surface area contributed by atoms with Crippen LogP contribution in [0.4, 0.5) is 0 Å². The summed E-state index contributed by atoms with van der Waals surface area (Å²) in [7, 11) is 0. The molecule has 0 spiro atoms. The standard InChI is InChI=1S/C10H20NO2/c1-5-9(12)8-6-7(2)10(3,4)11(8)13/h7-9,12H,5-6H2,1-4H3. The predicted molar refractivity (Wildman–Crippen MR) is 50.5 cm³/mol. The Morgan fingerprint density at radius 1 is 1.62 bits per heavy atom. The summed E-state index contributed by atoms with van der Waals surface area (Å²) in [5, 5.41) is 22.5. The molecule has 1 heterocycles. The zero-order chi connectivity index (χ0) is 10.2. The van der Waals surface area contributed by atoms with Crippen LogP contribution in [0.25, 0.3) is 0 Å². The van der Waals surface area contributed by atoms with Gasteiger partial charge in [-0.1, -0.05) is 13.8 Å². The molecule has 1 rings (SSSR count). The van der Waals surface area contributed by atoms with Gasteiger partial charge in [0.25, 0.3) is 0 Å². The van der Waals surface area contributed by atoms with Gasteiger partial charge in [-0.25, -0.2) is 0 Å². The second-order valence-electron chi connectivity index (χ2n) is 4.66. The molecule has 1 fully saturated rings. The molecule has 0 aliphatic carbocycles. The van der Waals surface area contributed by atoms with Crippen molar-refractivity contribution in [2.24, 2.45) is 5.92 Å². The van der Waals surface area contributed by atoms with E-state index in [4.69, 9.17) is 0 Å². The molecule has 3 unspecified atom stereocenters. The molecule has 1 saturated heterocycles. The van der Waals surface area contributed by atoms with E-state index >= 15 is 0 Å². The summed E-state index contributed by atoms with van der Waals surface area (Å²) in [4.78, 5) is 0. The molecule has 77 valence electrons. The molecule has 0 aromatic carbocycles. The van der Waals surface area contributed by atoms with Crippen molar-refractivity contribution in [1.29, 1.82) is 0 Å². The Hall–Kier alpha value is -0.120. The highest BCUT2D eigenvalue weighted by Crippen LogP contribution is 2.38. The third-order valence-corrected chi connectivity index (χ3v) is 3.53. The van der Waals surface area contributed by atoms with Crippen LogP contribution in [0.15, 0.2) is 0 Å². The molecular formula is C10H20NO2. The lowest BCUT2D eigenvalue weighted by atomic mass is 9.90. The predicted octanol–water partition coefficient (Wildman–Crippen LogP) is 1.59. The van der Waals surface area contributed by atoms with Gasteiger partial charge in [-0.05, 0) is 32.6 Å². The van der Waals surface area contributed by atoms with E-state index in [9.17, 15) is 10.3 Å². The van der Waals surface area contributed by atoms with Gasteiger partial charge in [-0.15, -0.1) is 10.3 Å². The maximum absolute atomic E-state index is 11.8. The Bertz CT molecular complexity index is 182. The van der Waals surface area contributed by atoms with Gasteiger partial charge in [0.15, 0.2) is 0 Å². The van der Waals surface area contributed by atoms with E-state index in [0.29, 0.717) is 12.3 Å². The van der Waals surface area contributed by atoms with Gasteiger partial charge in [0.05, 0.1) is 12.1 Å². The van der Waals surface area contributed by atoms with Crippen molar-refractivity contribution in [3.63, 3.8) is 0 Å². The number of aliphatic hydroxyl groups is 1. The van der Waals surface area contributed by atoms with Gasteiger partial charge >= 0.3 is 0 Å². The SMILES string of the molecule is CCC(O)C1CC(C)C(C)(C)N1[O]. The third kappa shape index (κ3) is 1.73. The van der Waals surface area contributed by atoms with Crippen LogP contribution in [0.3, 0.4) is 0 Å². The molecule has 1 aliphatic rings. The van der Waals surface area contributed by atoms with Crippen molar-refractivity contribution in [3.8, 4) is 0 Å². The fraction of sp³-hybridized carbons (Fsp3) is 1.00. The van der Waals surface area contributed by atoms with Gasteiger partial charge in [0.2, 0.25) is 0 Å². The number of aliphatic hydroxyl groups excluding tert-OH is 1. The summed E-state index contributed by atoms with van der Waals surface area (Å²) in [6.07, 6.45) is 0.999. The quantitative estimate of drug-likeness (QED) is 0.711. The molecule has 0 aromatic heterocycles. The van der Waals surface area contributed by atoms with Crippen molar-refractivity contribution in [3.05, 3.63) is 0 Å². The first-order valence-corrected chi connectivity index (χ1v) is 5.05. The first kappa shape index (κ1) is 11.0. The summed E-state index contributed by atoms with van der Waals surface area (Å²) in [6.45, 7) is 7.89. The summed E-state index contributed by atoms with van der Waals surface area (Å²) < 4.78 is 0. The minimum atomic E-state index is -0.471. The van der Waals surface area contributed by atoms with E-state index < -0.39 is 6.10 Å². The highest BCUT2D eigenvalue weighted by molar-refractivity contribution is 4.96. The van der Waals surface area contributed by atoms with E-state index in [-0.39, 0.29) is 11.6 Å². The molecule has 0 aromatic rings. The smallest absolute Gasteiger partial charge is 0.0717 e. The van der Waals surface area contributed by atoms with Crippen LogP contribution >= 0.6 is 0 Å². The largest absolute Gasteiger partial charge is 0.391 e. The van der Waals surface area contributed by atoms with Crippen LogP contribution in [0, 0.1) is 5.92 Å². The average molecular weight is 186 g/mol. The lowest BCUT2D eigenvalue weighted by molar-refractivity contribution is -0.238. The number of hydrogen-bond donors (Lipinski definition) is 1. The fourth-order valence-electron chi connectivity index (χ4n) is 1.98. The van der Waals surface area contributed by atoms with Crippen molar-refractivity contribution in [2.45, 2.75) is 58.2 Å². The molecule has 3 atom stereocenters. The van der Waals surface area contributed by atoms with Gasteiger partial charge in [0.1, 0.15) is 0 Å². The van der Waals surface area contributed by atoms with Crippen LogP contribution in [-0.4, -0.2) is 27.9 Å². The van der Waals surface area contributed by atoms with E-state index in [1.165, 1.54) is 0 Å². The highest BCUT2D eigenvalue weighted by Gasteiger charge is 2.47. The molecule has 1 radical (unpaired) electrons. The number of hydrogen-bond acceptors (Lipinski definition) is 2. The molecule has 0 saturated carbocycles. The van der Waals surface area contributed by atoms with Crippen molar-refractivity contribution < 1.29 is 10.3 Å². The lowest BCUT2D eigenvalue weighted by Crippen LogP contribution is -2.45. The Kier molecular flexibility index (Phi) is 3.00. The van der Waals surface area contributed by atoms with Crippen molar-refractivity contribution in [1.82, 2.24) is 5.06 Å². The Labute approximate surface area is 80.3 Å². The second kappa shape index (κ2) is 3.56. The Balaban J connectivity index is 2.73. The molecule has 1 N–H and O–H groups in total. The van der Waals surface area contributed by atoms with Gasteiger partial charge in [-0.3, -0.25) is 0 Å². The van der Waals surface area contributed by atoms with E-state index in [1.807, 2.05) is 20.8 Å². The topological polar surface area (TPSA) is 43.4 Å². The first-order chi connectivity index (χ1) is 5.91. The maximum atomic E-state index is 11.8. The van der Waals surface area contributed by atoms with E-state index in [0.717, 1.165) is 11.5 Å². The molecule has 3 nitrogen and oxygen atoms in total. The van der Waals surface area contributed by atoms with Crippen molar-refractivity contribution in [2.75, 3.05) is 0 Å². The summed E-state index contributed by atoms with van der Waals surface area (Å²) in [5.41, 5.74) is -0.319. The summed E-state index contributed by atoms with van der Waals surface area (Å²) in [6, 6.07) is -0.199. The van der Waals surface area contributed by atoms with Gasteiger partial charge in [-0.2, -0.15) is 0 Å². The zero-order valence-electron chi connectivity index (χ0n) is 8.95. The minimum Gasteiger partial charge on any atom is -0.391 e. The second-order valence-corrected chi connectivity index (χ2v) is 4.66. The van der Waals surface area contributed by atoms with E-state index in [2.05, 4.69) is 6.92 Å². The van der Waals surface area contributed by atoms with Crippen LogP contribution in [-0.2, 0) is 5.21 Å². The summed E-state index contributed by atoms with van der Waals surface area (Å²) in [5.74, 6) is 0.358. The van der Waals surface area contributed by atoms with Crippen LogP contribution < -0.4 is 0 Å². The number of nitrogens with zero attached hydrogens (tertiary/aromatic N) is 1. The first-order valence-electron chi connectivity index (χ1n) is 5.05. The number of rotatable bonds is 2. The Morgan fingerprint density at radius 3 is 2.46 bits per heavy atom. The van der Waals surface area contributed by atoms with E-state index in [1.54, 1.807) is 0 Å². The molecule has 3 heteroatoms. The van der Waals surface area contributed by atoms with Crippen molar-refractivity contribution >= 4 is 0 Å². The molecule has 0 bridgehead atoms. The molecule has 0 amide bonds. The van der Waals surface area contributed by atoms with Gasteiger partial charge < -0.3 is 5.11 Å². The van der Waals surface area contributed by atoms with Gasteiger partial charge in [0, 0.05) is 5.54 Å². The van der Waals surface area contributed by atoms with Crippen LogP contribution in [0.1, 0.15) is 40.5 Å². The van der Waals surface area contributed by atoms with Crippen LogP contribution in [0.2, 0.25) is 0 Å². The third-order valence-electron chi connectivity index (χ3n) is 3.53. The fourth-order valence-corrected chi connectivity index (χ4v) is 1.98.